The second-order valence-corrected chi connectivity index (χ2v) is 5.89. The Bertz CT molecular complexity index is 405. The molecule has 19 heavy (non-hydrogen) atoms. The lowest BCUT2D eigenvalue weighted by atomic mass is 9.89. The second kappa shape index (κ2) is 7.49. The molecule has 0 spiro atoms. The number of ether oxygens (including phenoxy) is 1. The molecule has 1 unspecified atom stereocenters. The van der Waals surface area contributed by atoms with Gasteiger partial charge in [-0.1, -0.05) is 36.2 Å². The quantitative estimate of drug-likeness (QED) is 0.867. The molecule has 1 saturated heterocycles. The van der Waals surface area contributed by atoms with Crippen LogP contribution >= 0.6 is 23.2 Å². The predicted octanol–water partition coefficient (Wildman–Crippen LogP) is 4.46. The van der Waals surface area contributed by atoms with Crippen molar-refractivity contribution in [2.24, 2.45) is 5.92 Å². The predicted molar refractivity (Wildman–Crippen MR) is 81.0 cm³/mol. The smallest absolute Gasteiger partial charge is 0.0595 e. The highest BCUT2D eigenvalue weighted by Gasteiger charge is 2.20. The third-order valence-electron chi connectivity index (χ3n) is 3.71. The first kappa shape index (κ1) is 15.1. The van der Waals surface area contributed by atoms with Crippen molar-refractivity contribution in [3.05, 3.63) is 33.8 Å². The fourth-order valence-electron chi connectivity index (χ4n) is 2.63. The molecule has 0 amide bonds. The average Bonchev–Trinajstić information content (AvgIpc) is 2.43. The number of hydrogen-bond acceptors (Lipinski definition) is 2. The van der Waals surface area contributed by atoms with E-state index in [0.29, 0.717) is 16.1 Å². The van der Waals surface area contributed by atoms with Gasteiger partial charge in [0.25, 0.3) is 0 Å². The van der Waals surface area contributed by atoms with E-state index in [1.165, 1.54) is 5.56 Å². The Kier molecular flexibility index (Phi) is 5.96. The fourth-order valence-corrected chi connectivity index (χ4v) is 2.93. The number of halogens is 2. The van der Waals surface area contributed by atoms with Crippen molar-refractivity contribution in [1.82, 2.24) is 5.32 Å². The standard InChI is InChI=1S/C15H21Cl2NO/c1-2-18-15(9-11-5-7-19-8-6-11)12-3-4-13(16)14(17)10-12/h3-4,10-11,15,18H,2,5-9H2,1H3. The summed E-state index contributed by atoms with van der Waals surface area (Å²) < 4.78 is 5.42. The summed E-state index contributed by atoms with van der Waals surface area (Å²) in [7, 11) is 0. The molecule has 4 heteroatoms. The molecular formula is C15H21Cl2NO. The molecule has 1 aliphatic rings. The van der Waals surface area contributed by atoms with Crippen molar-refractivity contribution in [3.63, 3.8) is 0 Å². The van der Waals surface area contributed by atoms with E-state index in [-0.39, 0.29) is 0 Å². The molecule has 106 valence electrons. The molecule has 1 aliphatic heterocycles. The number of benzene rings is 1. The minimum absolute atomic E-state index is 0.350. The third-order valence-corrected chi connectivity index (χ3v) is 4.45. The van der Waals surface area contributed by atoms with E-state index >= 15 is 0 Å². The molecule has 0 aromatic heterocycles. The maximum atomic E-state index is 6.12. The molecule has 1 atom stereocenters. The van der Waals surface area contributed by atoms with Crippen molar-refractivity contribution < 1.29 is 4.74 Å². The summed E-state index contributed by atoms with van der Waals surface area (Å²) in [5, 5.41) is 4.80. The Morgan fingerprint density at radius 3 is 2.63 bits per heavy atom. The van der Waals surface area contributed by atoms with Gasteiger partial charge in [-0.2, -0.15) is 0 Å². The zero-order chi connectivity index (χ0) is 13.7. The summed E-state index contributed by atoms with van der Waals surface area (Å²) in [5.41, 5.74) is 1.22. The van der Waals surface area contributed by atoms with E-state index in [4.69, 9.17) is 27.9 Å². The summed E-state index contributed by atoms with van der Waals surface area (Å²) in [4.78, 5) is 0. The maximum absolute atomic E-state index is 6.12. The summed E-state index contributed by atoms with van der Waals surface area (Å²) in [5.74, 6) is 0.729. The molecule has 1 aromatic rings. The van der Waals surface area contributed by atoms with Gasteiger partial charge in [0.15, 0.2) is 0 Å². The lowest BCUT2D eigenvalue weighted by Crippen LogP contribution is -2.26. The maximum Gasteiger partial charge on any atom is 0.0595 e. The summed E-state index contributed by atoms with van der Waals surface area (Å²) in [6.45, 7) is 4.87. The van der Waals surface area contributed by atoms with E-state index in [1.807, 2.05) is 12.1 Å². The highest BCUT2D eigenvalue weighted by molar-refractivity contribution is 6.42. The van der Waals surface area contributed by atoms with Gasteiger partial charge in [0.2, 0.25) is 0 Å². The molecule has 1 heterocycles. The molecule has 0 aliphatic carbocycles. The van der Waals surface area contributed by atoms with E-state index < -0.39 is 0 Å². The first-order chi connectivity index (χ1) is 9.20. The molecular weight excluding hydrogens is 281 g/mol. The topological polar surface area (TPSA) is 21.3 Å². The summed E-state index contributed by atoms with van der Waals surface area (Å²) in [6, 6.07) is 6.29. The van der Waals surface area contributed by atoms with E-state index in [1.54, 1.807) is 0 Å². The van der Waals surface area contributed by atoms with E-state index in [0.717, 1.165) is 44.9 Å². The molecule has 0 bridgehead atoms. The number of hydrogen-bond donors (Lipinski definition) is 1. The van der Waals surface area contributed by atoms with Gasteiger partial charge < -0.3 is 10.1 Å². The van der Waals surface area contributed by atoms with Crippen LogP contribution in [0, 0.1) is 5.92 Å². The fraction of sp³-hybridized carbons (Fsp3) is 0.600. The van der Waals surface area contributed by atoms with Crippen molar-refractivity contribution in [1.29, 1.82) is 0 Å². The van der Waals surface area contributed by atoms with Gasteiger partial charge in [-0.25, -0.2) is 0 Å². The molecule has 0 radical (unpaired) electrons. The molecule has 1 N–H and O–H groups in total. The zero-order valence-corrected chi connectivity index (χ0v) is 12.8. The summed E-state index contributed by atoms with van der Waals surface area (Å²) >= 11 is 12.1. The Balaban J connectivity index is 2.07. The largest absolute Gasteiger partial charge is 0.381 e. The Morgan fingerprint density at radius 1 is 1.26 bits per heavy atom. The van der Waals surface area contributed by atoms with Crippen LogP contribution in [0.15, 0.2) is 18.2 Å². The van der Waals surface area contributed by atoms with Crippen molar-refractivity contribution in [3.8, 4) is 0 Å². The van der Waals surface area contributed by atoms with Crippen LogP contribution in [0.3, 0.4) is 0 Å². The average molecular weight is 302 g/mol. The first-order valence-electron chi connectivity index (χ1n) is 6.96. The minimum atomic E-state index is 0.350. The molecule has 0 saturated carbocycles. The highest BCUT2D eigenvalue weighted by Crippen LogP contribution is 2.31. The van der Waals surface area contributed by atoms with Crippen molar-refractivity contribution in [2.45, 2.75) is 32.2 Å². The Morgan fingerprint density at radius 2 is 2.00 bits per heavy atom. The normalized spacial score (nSPS) is 18.5. The van der Waals surface area contributed by atoms with Gasteiger partial charge in [-0.3, -0.25) is 0 Å². The Hall–Kier alpha value is -0.280. The van der Waals surface area contributed by atoms with Crippen LogP contribution in [0.4, 0.5) is 0 Å². The van der Waals surface area contributed by atoms with Gasteiger partial charge in [0, 0.05) is 19.3 Å². The minimum Gasteiger partial charge on any atom is -0.381 e. The van der Waals surface area contributed by atoms with E-state index in [9.17, 15) is 0 Å². The van der Waals surface area contributed by atoms with Gasteiger partial charge in [-0.05, 0) is 49.4 Å². The van der Waals surface area contributed by atoms with Crippen LogP contribution in [-0.2, 0) is 4.74 Å². The highest BCUT2D eigenvalue weighted by atomic mass is 35.5. The van der Waals surface area contributed by atoms with Gasteiger partial charge in [-0.15, -0.1) is 0 Å². The third kappa shape index (κ3) is 4.35. The summed E-state index contributed by atoms with van der Waals surface area (Å²) in [6.07, 6.45) is 3.45. The van der Waals surface area contributed by atoms with Crippen LogP contribution in [0.1, 0.15) is 37.8 Å². The Labute approximate surface area is 125 Å². The number of nitrogens with one attached hydrogen (secondary N) is 1. The zero-order valence-electron chi connectivity index (χ0n) is 11.3. The van der Waals surface area contributed by atoms with Gasteiger partial charge in [0.05, 0.1) is 10.0 Å². The van der Waals surface area contributed by atoms with Crippen molar-refractivity contribution in [2.75, 3.05) is 19.8 Å². The molecule has 2 rings (SSSR count). The van der Waals surface area contributed by atoms with Crippen molar-refractivity contribution >= 4 is 23.2 Å². The van der Waals surface area contributed by atoms with Crippen LogP contribution in [-0.4, -0.2) is 19.8 Å². The van der Waals surface area contributed by atoms with Crippen LogP contribution in [0.2, 0.25) is 10.0 Å². The molecule has 2 nitrogen and oxygen atoms in total. The SMILES string of the molecule is CCNC(CC1CCOCC1)c1ccc(Cl)c(Cl)c1. The molecule has 1 fully saturated rings. The first-order valence-corrected chi connectivity index (χ1v) is 7.72. The van der Waals surface area contributed by atoms with Crippen LogP contribution < -0.4 is 5.32 Å². The lowest BCUT2D eigenvalue weighted by Gasteiger charge is -2.27. The van der Waals surface area contributed by atoms with Crippen LogP contribution in [0.5, 0.6) is 0 Å². The van der Waals surface area contributed by atoms with Gasteiger partial charge >= 0.3 is 0 Å². The van der Waals surface area contributed by atoms with E-state index in [2.05, 4.69) is 18.3 Å². The number of rotatable bonds is 5. The van der Waals surface area contributed by atoms with Crippen LogP contribution in [0.25, 0.3) is 0 Å². The second-order valence-electron chi connectivity index (χ2n) is 5.08. The van der Waals surface area contributed by atoms with Gasteiger partial charge in [0.1, 0.15) is 0 Å². The lowest BCUT2D eigenvalue weighted by molar-refractivity contribution is 0.0606. The molecule has 1 aromatic carbocycles. The monoisotopic (exact) mass is 301 g/mol.